The van der Waals surface area contributed by atoms with Crippen molar-refractivity contribution in [3.05, 3.63) is 28.8 Å². The van der Waals surface area contributed by atoms with Gasteiger partial charge in [-0.1, -0.05) is 11.6 Å². The number of carbonyl (C=O) groups excluding carboxylic acids is 1. The zero-order valence-corrected chi connectivity index (χ0v) is 11.6. The Kier molecular flexibility index (Phi) is 4.62. The molecular formula is C13H12ClN3O4. The Morgan fingerprint density at radius 1 is 1.52 bits per heavy atom. The number of nitriles is 1. The maximum atomic E-state index is 12.0. The molecule has 1 unspecified atom stereocenters. The highest BCUT2D eigenvalue weighted by molar-refractivity contribution is 6.33. The predicted molar refractivity (Wildman–Crippen MR) is 74.4 cm³/mol. The maximum Gasteiger partial charge on any atom is 0.337 e. The van der Waals surface area contributed by atoms with Gasteiger partial charge in [0.2, 0.25) is 0 Å². The van der Waals surface area contributed by atoms with Crippen molar-refractivity contribution in [1.29, 1.82) is 5.26 Å². The lowest BCUT2D eigenvalue weighted by atomic mass is 10.2. The number of aromatic carboxylic acids is 1. The van der Waals surface area contributed by atoms with E-state index >= 15 is 0 Å². The van der Waals surface area contributed by atoms with Gasteiger partial charge in [-0.05, 0) is 18.2 Å². The minimum absolute atomic E-state index is 0.0365. The van der Waals surface area contributed by atoms with Crippen LogP contribution in [0.15, 0.2) is 18.2 Å². The second kappa shape index (κ2) is 6.43. The van der Waals surface area contributed by atoms with Crippen molar-refractivity contribution in [3.8, 4) is 6.07 Å². The molecule has 2 amide bonds. The normalized spacial score (nSPS) is 17.9. The summed E-state index contributed by atoms with van der Waals surface area (Å²) in [5, 5.41) is 20.3. The van der Waals surface area contributed by atoms with Crippen LogP contribution in [0.3, 0.4) is 0 Å². The maximum absolute atomic E-state index is 12.0. The number of ether oxygens (including phenoxy) is 1. The van der Waals surface area contributed by atoms with Crippen molar-refractivity contribution in [2.45, 2.75) is 6.10 Å². The number of nitrogens with zero attached hydrogens (tertiary/aromatic N) is 2. The smallest absolute Gasteiger partial charge is 0.337 e. The molecule has 0 bridgehead atoms. The monoisotopic (exact) mass is 309 g/mol. The number of carboxylic acid groups (broad SMARTS) is 1. The van der Waals surface area contributed by atoms with E-state index in [2.05, 4.69) is 5.32 Å². The Morgan fingerprint density at radius 2 is 2.29 bits per heavy atom. The summed E-state index contributed by atoms with van der Waals surface area (Å²) in [6.07, 6.45) is -0.637. The highest BCUT2D eigenvalue weighted by atomic mass is 35.5. The molecule has 1 heterocycles. The number of rotatable bonds is 2. The van der Waals surface area contributed by atoms with Gasteiger partial charge in [0.1, 0.15) is 0 Å². The molecule has 1 aromatic rings. The van der Waals surface area contributed by atoms with Gasteiger partial charge in [-0.3, -0.25) is 0 Å². The van der Waals surface area contributed by atoms with E-state index in [1.807, 2.05) is 6.07 Å². The number of carboxylic acids is 1. The molecule has 1 aliphatic rings. The molecule has 1 fully saturated rings. The minimum Gasteiger partial charge on any atom is -0.478 e. The molecule has 1 atom stereocenters. The van der Waals surface area contributed by atoms with Crippen LogP contribution in [0.4, 0.5) is 10.5 Å². The fourth-order valence-electron chi connectivity index (χ4n) is 1.88. The minimum atomic E-state index is -1.14. The van der Waals surface area contributed by atoms with E-state index in [0.29, 0.717) is 18.8 Å². The van der Waals surface area contributed by atoms with E-state index in [9.17, 15) is 9.59 Å². The number of nitrogens with one attached hydrogen (secondary N) is 1. The average molecular weight is 310 g/mol. The SMILES string of the molecule is N#CC1CN(C(=O)Nc2ccc(C(=O)O)c(Cl)c2)CCO1. The summed E-state index contributed by atoms with van der Waals surface area (Å²) in [6, 6.07) is 5.70. The fraction of sp³-hybridized carbons (Fsp3) is 0.308. The van der Waals surface area contributed by atoms with Crippen molar-refractivity contribution < 1.29 is 19.4 Å². The lowest BCUT2D eigenvalue weighted by molar-refractivity contribution is 0.0181. The van der Waals surface area contributed by atoms with Crippen LogP contribution < -0.4 is 5.32 Å². The first-order chi connectivity index (χ1) is 10.0. The summed E-state index contributed by atoms with van der Waals surface area (Å²) in [5.74, 6) is -1.14. The van der Waals surface area contributed by atoms with Gasteiger partial charge < -0.3 is 20.1 Å². The zero-order valence-electron chi connectivity index (χ0n) is 10.9. The van der Waals surface area contributed by atoms with Crippen LogP contribution >= 0.6 is 11.6 Å². The molecule has 8 heteroatoms. The Morgan fingerprint density at radius 3 is 2.90 bits per heavy atom. The Balaban J connectivity index is 2.04. The molecule has 2 rings (SSSR count). The van der Waals surface area contributed by atoms with E-state index in [1.165, 1.54) is 23.1 Å². The molecule has 0 spiro atoms. The molecule has 7 nitrogen and oxygen atoms in total. The van der Waals surface area contributed by atoms with E-state index in [1.54, 1.807) is 0 Å². The third-order valence-corrected chi connectivity index (χ3v) is 3.26. The van der Waals surface area contributed by atoms with Crippen LogP contribution in [-0.2, 0) is 4.74 Å². The van der Waals surface area contributed by atoms with Crippen LogP contribution in [-0.4, -0.2) is 47.8 Å². The van der Waals surface area contributed by atoms with Crippen molar-refractivity contribution in [2.24, 2.45) is 0 Å². The van der Waals surface area contributed by atoms with E-state index in [0.717, 1.165) is 0 Å². The number of halogens is 1. The van der Waals surface area contributed by atoms with Crippen LogP contribution in [0.25, 0.3) is 0 Å². The summed E-state index contributed by atoms with van der Waals surface area (Å²) in [6.45, 7) is 0.860. The van der Waals surface area contributed by atoms with Gasteiger partial charge in [-0.15, -0.1) is 0 Å². The number of hydrogen-bond donors (Lipinski definition) is 2. The number of carbonyl (C=O) groups is 2. The molecule has 0 saturated carbocycles. The Bertz CT molecular complexity index is 614. The van der Waals surface area contributed by atoms with Gasteiger partial charge in [0.15, 0.2) is 6.10 Å². The number of morpholine rings is 1. The average Bonchev–Trinajstić information content (AvgIpc) is 2.47. The van der Waals surface area contributed by atoms with E-state index < -0.39 is 18.1 Å². The molecule has 2 N–H and O–H groups in total. The lowest BCUT2D eigenvalue weighted by Crippen LogP contribution is -2.46. The topological polar surface area (TPSA) is 103 Å². The van der Waals surface area contributed by atoms with Crippen LogP contribution in [0.1, 0.15) is 10.4 Å². The third kappa shape index (κ3) is 3.62. The highest BCUT2D eigenvalue weighted by Crippen LogP contribution is 2.21. The van der Waals surface area contributed by atoms with Crippen LogP contribution in [0, 0.1) is 11.3 Å². The molecule has 0 aliphatic carbocycles. The summed E-state index contributed by atoms with van der Waals surface area (Å²) >= 11 is 5.83. The van der Waals surface area contributed by atoms with Crippen molar-refractivity contribution in [3.63, 3.8) is 0 Å². The second-order valence-electron chi connectivity index (χ2n) is 4.36. The molecule has 1 saturated heterocycles. The lowest BCUT2D eigenvalue weighted by Gasteiger charge is -2.29. The summed E-state index contributed by atoms with van der Waals surface area (Å²) in [4.78, 5) is 24.4. The van der Waals surface area contributed by atoms with Gasteiger partial charge in [0, 0.05) is 12.2 Å². The number of benzene rings is 1. The number of amides is 2. The van der Waals surface area contributed by atoms with Crippen molar-refractivity contribution >= 4 is 29.3 Å². The predicted octanol–water partition coefficient (Wildman–Crippen LogP) is 1.79. The van der Waals surface area contributed by atoms with Gasteiger partial charge in [0.25, 0.3) is 0 Å². The highest BCUT2D eigenvalue weighted by Gasteiger charge is 2.24. The number of anilines is 1. The quantitative estimate of drug-likeness (QED) is 0.867. The van der Waals surface area contributed by atoms with Gasteiger partial charge >= 0.3 is 12.0 Å². The molecule has 1 aromatic carbocycles. The first-order valence-electron chi connectivity index (χ1n) is 6.11. The number of hydrogen-bond acceptors (Lipinski definition) is 4. The van der Waals surface area contributed by atoms with Gasteiger partial charge in [-0.25, -0.2) is 9.59 Å². The van der Waals surface area contributed by atoms with Crippen molar-refractivity contribution in [1.82, 2.24) is 4.90 Å². The van der Waals surface area contributed by atoms with E-state index in [-0.39, 0.29) is 17.1 Å². The summed E-state index contributed by atoms with van der Waals surface area (Å²) in [7, 11) is 0. The zero-order chi connectivity index (χ0) is 15.4. The fourth-order valence-corrected chi connectivity index (χ4v) is 2.14. The van der Waals surface area contributed by atoms with Gasteiger partial charge in [0.05, 0.1) is 29.8 Å². The summed E-state index contributed by atoms with van der Waals surface area (Å²) < 4.78 is 5.15. The molecule has 0 radical (unpaired) electrons. The second-order valence-corrected chi connectivity index (χ2v) is 4.77. The van der Waals surface area contributed by atoms with Crippen molar-refractivity contribution in [2.75, 3.05) is 25.0 Å². The first kappa shape index (κ1) is 15.1. The molecule has 1 aliphatic heterocycles. The molecule has 0 aromatic heterocycles. The molecule has 21 heavy (non-hydrogen) atoms. The van der Waals surface area contributed by atoms with Crippen LogP contribution in [0.2, 0.25) is 5.02 Å². The molecule has 110 valence electrons. The number of urea groups is 1. The van der Waals surface area contributed by atoms with Gasteiger partial charge in [-0.2, -0.15) is 5.26 Å². The molecular weight excluding hydrogens is 298 g/mol. The Hall–Kier alpha value is -2.30. The summed E-state index contributed by atoms with van der Waals surface area (Å²) in [5.41, 5.74) is 0.348. The van der Waals surface area contributed by atoms with E-state index in [4.69, 9.17) is 26.7 Å². The first-order valence-corrected chi connectivity index (χ1v) is 6.49. The third-order valence-electron chi connectivity index (χ3n) is 2.95. The van der Waals surface area contributed by atoms with Crippen LogP contribution in [0.5, 0.6) is 0 Å². The Labute approximate surface area is 125 Å². The standard InChI is InChI=1S/C13H12ClN3O4/c14-11-5-8(1-2-10(11)12(18)19)16-13(20)17-3-4-21-9(6-15)7-17/h1-2,5,9H,3-4,7H2,(H,16,20)(H,18,19). The largest absolute Gasteiger partial charge is 0.478 e.